The van der Waals surface area contributed by atoms with Crippen LogP contribution in [0.5, 0.6) is 0 Å². The molecular weight excluding hydrogens is 176 g/mol. The Morgan fingerprint density at radius 3 is 2.45 bits per heavy atom. The van der Waals surface area contributed by atoms with E-state index < -0.39 is 0 Å². The molecular formula is C7H12N2S2. The van der Waals surface area contributed by atoms with E-state index in [4.69, 9.17) is 5.73 Å². The van der Waals surface area contributed by atoms with E-state index >= 15 is 0 Å². The van der Waals surface area contributed by atoms with Crippen LogP contribution in [0.3, 0.4) is 0 Å². The zero-order valence-corrected chi connectivity index (χ0v) is 8.34. The summed E-state index contributed by atoms with van der Waals surface area (Å²) < 4.78 is 0. The van der Waals surface area contributed by atoms with Crippen LogP contribution >= 0.6 is 23.5 Å². The second kappa shape index (κ2) is 6.37. The predicted octanol–water partition coefficient (Wildman–Crippen LogP) is 2.05. The van der Waals surface area contributed by atoms with E-state index in [1.165, 1.54) is 11.8 Å². The summed E-state index contributed by atoms with van der Waals surface area (Å²) in [7, 11) is 0. The maximum Gasteiger partial charge on any atom is 0.0952 e. The Morgan fingerprint density at radius 1 is 1.45 bits per heavy atom. The van der Waals surface area contributed by atoms with Gasteiger partial charge < -0.3 is 5.73 Å². The van der Waals surface area contributed by atoms with Crippen LogP contribution in [0.4, 0.5) is 0 Å². The molecule has 0 radical (unpaired) electrons. The quantitative estimate of drug-likeness (QED) is 0.544. The van der Waals surface area contributed by atoms with Crippen molar-refractivity contribution in [3.63, 3.8) is 0 Å². The second-order valence-corrected chi connectivity index (χ2v) is 3.32. The molecule has 0 aromatic heterocycles. The van der Waals surface area contributed by atoms with Gasteiger partial charge in [0.1, 0.15) is 0 Å². The molecule has 2 N–H and O–H groups in total. The molecule has 0 rings (SSSR count). The molecule has 2 nitrogen and oxygen atoms in total. The van der Waals surface area contributed by atoms with Gasteiger partial charge in [-0.3, -0.25) is 0 Å². The lowest BCUT2D eigenvalue weighted by molar-refractivity contribution is 1.46. The SMILES string of the molecule is C=CC(=N/C=C(\N)SC)SC. The Hall–Kier alpha value is -0.350. The summed E-state index contributed by atoms with van der Waals surface area (Å²) in [6.45, 7) is 3.61. The summed E-state index contributed by atoms with van der Waals surface area (Å²) in [4.78, 5) is 4.09. The monoisotopic (exact) mass is 188 g/mol. The Labute approximate surface area is 76.0 Å². The molecule has 62 valence electrons. The van der Waals surface area contributed by atoms with Crippen LogP contribution in [-0.2, 0) is 0 Å². The van der Waals surface area contributed by atoms with Crippen molar-refractivity contribution in [1.82, 2.24) is 0 Å². The molecule has 0 amide bonds. The van der Waals surface area contributed by atoms with Gasteiger partial charge in [-0.05, 0) is 18.6 Å². The van der Waals surface area contributed by atoms with Gasteiger partial charge in [0.15, 0.2) is 0 Å². The van der Waals surface area contributed by atoms with E-state index in [1.807, 2.05) is 12.5 Å². The van der Waals surface area contributed by atoms with E-state index in [0.29, 0.717) is 5.03 Å². The minimum absolute atomic E-state index is 0.707. The van der Waals surface area contributed by atoms with E-state index in [2.05, 4.69) is 11.6 Å². The molecule has 4 heteroatoms. The van der Waals surface area contributed by atoms with Crippen molar-refractivity contribution < 1.29 is 0 Å². The van der Waals surface area contributed by atoms with Gasteiger partial charge in [0.25, 0.3) is 0 Å². The van der Waals surface area contributed by atoms with Crippen LogP contribution in [-0.4, -0.2) is 17.6 Å². The zero-order chi connectivity index (χ0) is 8.69. The van der Waals surface area contributed by atoms with Gasteiger partial charge >= 0.3 is 0 Å². The Balaban J connectivity index is 4.17. The molecule has 0 aliphatic carbocycles. The van der Waals surface area contributed by atoms with E-state index in [-0.39, 0.29) is 0 Å². The van der Waals surface area contributed by atoms with Crippen LogP contribution in [0.25, 0.3) is 0 Å². The van der Waals surface area contributed by atoms with E-state index in [1.54, 1.807) is 24.0 Å². The number of hydrogen-bond donors (Lipinski definition) is 1. The molecule has 11 heavy (non-hydrogen) atoms. The standard InChI is InChI=1S/C7H12N2S2/c1-4-7(11-3)9-5-6(8)10-2/h4-5H,1,8H2,2-3H3/b6-5+,9-7?. The number of thioether (sulfide) groups is 2. The Kier molecular flexibility index (Phi) is 6.16. The van der Waals surface area contributed by atoms with Gasteiger partial charge in [0, 0.05) is 0 Å². The molecule has 0 bridgehead atoms. The summed E-state index contributed by atoms with van der Waals surface area (Å²) >= 11 is 3.02. The molecule has 0 aromatic rings. The molecule has 0 heterocycles. The molecule has 0 unspecified atom stereocenters. The lowest BCUT2D eigenvalue weighted by atomic mass is 10.7. The summed E-state index contributed by atoms with van der Waals surface area (Å²) in [5.74, 6) is 0. The fraction of sp³-hybridized carbons (Fsp3) is 0.286. The summed E-state index contributed by atoms with van der Waals surface area (Å²) in [6.07, 6.45) is 7.20. The highest BCUT2D eigenvalue weighted by Crippen LogP contribution is 2.05. The molecule has 0 spiro atoms. The number of nitrogens with two attached hydrogens (primary N) is 1. The first-order valence-corrected chi connectivity index (χ1v) is 5.43. The minimum atomic E-state index is 0.707. The number of nitrogens with zero attached hydrogens (tertiary/aromatic N) is 1. The van der Waals surface area contributed by atoms with E-state index in [0.717, 1.165) is 5.04 Å². The lowest BCUT2D eigenvalue weighted by Crippen LogP contribution is -1.90. The highest BCUT2D eigenvalue weighted by molar-refractivity contribution is 8.13. The lowest BCUT2D eigenvalue weighted by Gasteiger charge is -1.93. The van der Waals surface area contributed by atoms with Crippen LogP contribution < -0.4 is 5.73 Å². The fourth-order valence-corrected chi connectivity index (χ4v) is 0.852. The Bertz CT molecular complexity index is 185. The fourth-order valence-electron chi connectivity index (χ4n) is 0.369. The largest absolute Gasteiger partial charge is 0.392 e. The zero-order valence-electron chi connectivity index (χ0n) is 6.70. The van der Waals surface area contributed by atoms with Crippen LogP contribution in [0.15, 0.2) is 28.9 Å². The van der Waals surface area contributed by atoms with Crippen molar-refractivity contribution in [2.24, 2.45) is 10.7 Å². The van der Waals surface area contributed by atoms with E-state index in [9.17, 15) is 0 Å². The third-order valence-electron chi connectivity index (χ3n) is 0.938. The van der Waals surface area contributed by atoms with Crippen LogP contribution in [0.1, 0.15) is 0 Å². The van der Waals surface area contributed by atoms with Gasteiger partial charge in [0.05, 0.1) is 16.3 Å². The first-order valence-electron chi connectivity index (χ1n) is 2.98. The smallest absolute Gasteiger partial charge is 0.0952 e. The summed E-state index contributed by atoms with van der Waals surface area (Å²) in [5, 5.41) is 1.58. The maximum absolute atomic E-state index is 5.50. The predicted molar refractivity (Wildman–Crippen MR) is 56.9 cm³/mol. The van der Waals surface area contributed by atoms with Crippen LogP contribution in [0, 0.1) is 0 Å². The summed E-state index contributed by atoms with van der Waals surface area (Å²) in [5.41, 5.74) is 5.50. The van der Waals surface area contributed by atoms with Gasteiger partial charge in [-0.15, -0.1) is 23.5 Å². The number of aliphatic imine (C=N–C) groups is 1. The van der Waals surface area contributed by atoms with Crippen molar-refractivity contribution >= 4 is 28.6 Å². The van der Waals surface area contributed by atoms with Crippen molar-refractivity contribution in [3.8, 4) is 0 Å². The Morgan fingerprint density at radius 2 is 2.09 bits per heavy atom. The first-order chi connectivity index (χ1) is 5.24. The average molecular weight is 188 g/mol. The molecule has 0 aliphatic heterocycles. The van der Waals surface area contributed by atoms with Crippen molar-refractivity contribution in [2.45, 2.75) is 0 Å². The maximum atomic E-state index is 5.50. The second-order valence-electron chi connectivity index (χ2n) is 1.61. The normalized spacial score (nSPS) is 13.3. The molecule has 0 atom stereocenters. The van der Waals surface area contributed by atoms with Gasteiger partial charge in [-0.1, -0.05) is 6.58 Å². The van der Waals surface area contributed by atoms with Gasteiger partial charge in [0.2, 0.25) is 0 Å². The van der Waals surface area contributed by atoms with Gasteiger partial charge in [-0.2, -0.15) is 0 Å². The molecule has 0 aromatic carbocycles. The minimum Gasteiger partial charge on any atom is -0.392 e. The first kappa shape index (κ1) is 10.7. The third-order valence-corrected chi connectivity index (χ3v) is 2.21. The van der Waals surface area contributed by atoms with Crippen molar-refractivity contribution in [1.29, 1.82) is 0 Å². The number of rotatable bonds is 3. The number of hydrogen-bond acceptors (Lipinski definition) is 4. The summed E-state index contributed by atoms with van der Waals surface area (Å²) in [6, 6.07) is 0. The van der Waals surface area contributed by atoms with Crippen LogP contribution in [0.2, 0.25) is 0 Å². The highest BCUT2D eigenvalue weighted by atomic mass is 32.2. The third kappa shape index (κ3) is 4.98. The molecule has 0 saturated heterocycles. The van der Waals surface area contributed by atoms with Crippen molar-refractivity contribution in [3.05, 3.63) is 23.9 Å². The topological polar surface area (TPSA) is 38.4 Å². The molecule has 0 fully saturated rings. The highest BCUT2D eigenvalue weighted by Gasteiger charge is 1.86. The van der Waals surface area contributed by atoms with Gasteiger partial charge in [-0.25, -0.2) is 4.99 Å². The molecule has 0 aliphatic rings. The average Bonchev–Trinajstić information content (AvgIpc) is 2.06. The van der Waals surface area contributed by atoms with Crippen molar-refractivity contribution in [2.75, 3.05) is 12.5 Å². The molecule has 0 saturated carbocycles.